The van der Waals surface area contributed by atoms with Crippen LogP contribution in [0.5, 0.6) is 0 Å². The van der Waals surface area contributed by atoms with E-state index in [0.29, 0.717) is 17.7 Å². The van der Waals surface area contributed by atoms with Gasteiger partial charge in [-0.25, -0.2) is 13.2 Å². The van der Waals surface area contributed by atoms with Gasteiger partial charge in [0.25, 0.3) is 0 Å². The lowest BCUT2D eigenvalue weighted by molar-refractivity contribution is 0.559. The first-order valence-corrected chi connectivity index (χ1v) is 6.03. The van der Waals surface area contributed by atoms with E-state index >= 15 is 0 Å². The summed E-state index contributed by atoms with van der Waals surface area (Å²) in [6, 6.07) is 7.88. The summed E-state index contributed by atoms with van der Waals surface area (Å²) >= 11 is 5.79. The molecule has 0 atom stereocenters. The largest absolute Gasteiger partial charge is 0.308 e. The Morgan fingerprint density at radius 2 is 1.63 bits per heavy atom. The summed E-state index contributed by atoms with van der Waals surface area (Å²) in [7, 11) is 0. The summed E-state index contributed by atoms with van der Waals surface area (Å²) < 4.78 is 39.2. The summed E-state index contributed by atoms with van der Waals surface area (Å²) in [5, 5.41) is 2.98. The Bertz CT molecular complexity index is 587. The van der Waals surface area contributed by atoms with E-state index in [0.717, 1.165) is 6.07 Å². The van der Waals surface area contributed by atoms with Gasteiger partial charge in [-0.15, -0.1) is 0 Å². The molecule has 1 nitrogen and oxygen atoms in total. The van der Waals surface area contributed by atoms with Crippen molar-refractivity contribution in [1.82, 2.24) is 5.32 Å². The predicted octanol–water partition coefficient (Wildman–Crippen LogP) is 4.05. The van der Waals surface area contributed by atoms with Crippen molar-refractivity contribution in [2.24, 2.45) is 0 Å². The molecule has 0 heterocycles. The summed E-state index contributed by atoms with van der Waals surface area (Å²) in [5.41, 5.74) is 0.929. The molecule has 0 aliphatic carbocycles. The second-order valence-electron chi connectivity index (χ2n) is 4.05. The molecule has 0 radical (unpaired) electrons. The Morgan fingerprint density at radius 3 is 2.37 bits per heavy atom. The molecule has 5 heteroatoms. The van der Waals surface area contributed by atoms with Gasteiger partial charge in [0.1, 0.15) is 17.5 Å². The van der Waals surface area contributed by atoms with Gasteiger partial charge in [0.05, 0.1) is 5.02 Å². The van der Waals surface area contributed by atoms with Gasteiger partial charge in [0, 0.05) is 24.7 Å². The zero-order valence-electron chi connectivity index (χ0n) is 9.89. The molecule has 2 aromatic carbocycles. The minimum Gasteiger partial charge on any atom is -0.308 e. The second-order valence-corrected chi connectivity index (χ2v) is 4.43. The highest BCUT2D eigenvalue weighted by molar-refractivity contribution is 6.31. The molecular weight excluding hydrogens is 275 g/mol. The number of rotatable bonds is 4. The molecule has 100 valence electrons. The Balaban J connectivity index is 1.98. The molecule has 0 unspecified atom stereocenters. The van der Waals surface area contributed by atoms with Gasteiger partial charge < -0.3 is 5.32 Å². The fourth-order valence-electron chi connectivity index (χ4n) is 1.68. The van der Waals surface area contributed by atoms with Crippen LogP contribution in [0.2, 0.25) is 5.02 Å². The van der Waals surface area contributed by atoms with Crippen LogP contribution in [0, 0.1) is 17.5 Å². The van der Waals surface area contributed by atoms with Crippen molar-refractivity contribution in [2.75, 3.05) is 0 Å². The minimum absolute atomic E-state index is 0.0505. The van der Waals surface area contributed by atoms with Crippen LogP contribution in [-0.2, 0) is 13.1 Å². The summed E-state index contributed by atoms with van der Waals surface area (Å²) in [6.45, 7) is 0.506. The zero-order chi connectivity index (χ0) is 13.8. The molecule has 2 rings (SSSR count). The van der Waals surface area contributed by atoms with E-state index in [1.165, 1.54) is 18.2 Å². The second kappa shape index (κ2) is 6.08. The zero-order valence-corrected chi connectivity index (χ0v) is 10.6. The van der Waals surface area contributed by atoms with Gasteiger partial charge >= 0.3 is 0 Å². The Kier molecular flexibility index (Phi) is 4.45. The van der Waals surface area contributed by atoms with E-state index in [1.807, 2.05) is 0 Å². The highest BCUT2D eigenvalue weighted by atomic mass is 35.5. The molecule has 0 aliphatic heterocycles. The highest BCUT2D eigenvalue weighted by Gasteiger charge is 2.06. The average Bonchev–Trinajstić information content (AvgIpc) is 2.37. The number of hydrogen-bond acceptors (Lipinski definition) is 1. The van der Waals surface area contributed by atoms with E-state index in [2.05, 4.69) is 5.32 Å². The van der Waals surface area contributed by atoms with Crippen LogP contribution in [0.4, 0.5) is 13.2 Å². The highest BCUT2D eigenvalue weighted by Crippen LogP contribution is 2.19. The average molecular weight is 286 g/mol. The van der Waals surface area contributed by atoms with Crippen molar-refractivity contribution in [2.45, 2.75) is 13.1 Å². The topological polar surface area (TPSA) is 12.0 Å². The quantitative estimate of drug-likeness (QED) is 0.894. The van der Waals surface area contributed by atoms with Crippen molar-refractivity contribution in [3.05, 3.63) is 70.0 Å². The van der Waals surface area contributed by atoms with Crippen LogP contribution in [0.15, 0.2) is 36.4 Å². The fraction of sp³-hybridized carbons (Fsp3) is 0.143. The fourth-order valence-corrected chi connectivity index (χ4v) is 1.87. The number of hydrogen-bond donors (Lipinski definition) is 1. The molecule has 0 bridgehead atoms. The van der Waals surface area contributed by atoms with Crippen molar-refractivity contribution >= 4 is 11.6 Å². The van der Waals surface area contributed by atoms with Gasteiger partial charge in [-0.05, 0) is 17.7 Å². The molecular formula is C14H11ClF3N. The SMILES string of the molecule is Fc1ccc(CNCc2cccc(F)c2Cl)c(F)c1. The van der Waals surface area contributed by atoms with Crippen LogP contribution in [0.3, 0.4) is 0 Å². The lowest BCUT2D eigenvalue weighted by atomic mass is 10.2. The molecule has 0 aromatic heterocycles. The molecule has 0 fully saturated rings. The molecule has 0 saturated heterocycles. The van der Waals surface area contributed by atoms with Crippen LogP contribution in [0.25, 0.3) is 0 Å². The third kappa shape index (κ3) is 3.49. The first kappa shape index (κ1) is 13.9. The van der Waals surface area contributed by atoms with E-state index in [4.69, 9.17) is 11.6 Å². The predicted molar refractivity (Wildman–Crippen MR) is 68.3 cm³/mol. The van der Waals surface area contributed by atoms with Crippen molar-refractivity contribution < 1.29 is 13.2 Å². The molecule has 0 saturated carbocycles. The smallest absolute Gasteiger partial charge is 0.142 e. The Morgan fingerprint density at radius 1 is 0.895 bits per heavy atom. The number of benzene rings is 2. The normalized spacial score (nSPS) is 10.7. The van der Waals surface area contributed by atoms with Crippen molar-refractivity contribution in [3.8, 4) is 0 Å². The van der Waals surface area contributed by atoms with E-state index in [9.17, 15) is 13.2 Å². The van der Waals surface area contributed by atoms with Crippen molar-refractivity contribution in [1.29, 1.82) is 0 Å². The maximum absolute atomic E-state index is 13.4. The minimum atomic E-state index is -0.616. The lowest BCUT2D eigenvalue weighted by Gasteiger charge is -2.08. The van der Waals surface area contributed by atoms with Crippen LogP contribution in [-0.4, -0.2) is 0 Å². The van der Waals surface area contributed by atoms with E-state index in [1.54, 1.807) is 12.1 Å². The molecule has 0 spiro atoms. The Hall–Kier alpha value is -1.52. The maximum atomic E-state index is 13.4. The first-order valence-electron chi connectivity index (χ1n) is 5.65. The van der Waals surface area contributed by atoms with Crippen LogP contribution >= 0.6 is 11.6 Å². The van der Waals surface area contributed by atoms with Crippen LogP contribution < -0.4 is 5.32 Å². The van der Waals surface area contributed by atoms with Gasteiger partial charge in [-0.2, -0.15) is 0 Å². The van der Waals surface area contributed by atoms with Gasteiger partial charge in [0.2, 0.25) is 0 Å². The summed E-state index contributed by atoms with van der Waals surface area (Å²) in [4.78, 5) is 0. The lowest BCUT2D eigenvalue weighted by Crippen LogP contribution is -2.14. The first-order chi connectivity index (χ1) is 9.08. The summed E-state index contributed by atoms with van der Waals surface area (Å²) in [5.74, 6) is -1.72. The monoisotopic (exact) mass is 285 g/mol. The van der Waals surface area contributed by atoms with Gasteiger partial charge in [-0.3, -0.25) is 0 Å². The molecule has 1 N–H and O–H groups in total. The molecule has 0 amide bonds. The molecule has 19 heavy (non-hydrogen) atoms. The van der Waals surface area contributed by atoms with E-state index in [-0.39, 0.29) is 11.6 Å². The van der Waals surface area contributed by atoms with Crippen LogP contribution in [0.1, 0.15) is 11.1 Å². The molecule has 0 aliphatic rings. The van der Waals surface area contributed by atoms with Crippen molar-refractivity contribution in [3.63, 3.8) is 0 Å². The third-order valence-electron chi connectivity index (χ3n) is 2.68. The van der Waals surface area contributed by atoms with E-state index < -0.39 is 17.5 Å². The van der Waals surface area contributed by atoms with Gasteiger partial charge in [-0.1, -0.05) is 29.8 Å². The van der Waals surface area contributed by atoms with Gasteiger partial charge in [0.15, 0.2) is 0 Å². The Labute approximate surface area is 114 Å². The number of nitrogens with one attached hydrogen (secondary N) is 1. The summed E-state index contributed by atoms with van der Waals surface area (Å²) in [6.07, 6.45) is 0. The third-order valence-corrected chi connectivity index (χ3v) is 3.10. The maximum Gasteiger partial charge on any atom is 0.142 e. The number of halogens is 4. The molecule has 2 aromatic rings. The standard InChI is InChI=1S/C14H11ClF3N/c15-14-10(2-1-3-12(14)17)8-19-7-9-4-5-11(16)6-13(9)18/h1-6,19H,7-8H2.